The lowest BCUT2D eigenvalue weighted by atomic mass is 9.75. The second-order valence-corrected chi connectivity index (χ2v) is 6.91. The van der Waals surface area contributed by atoms with Gasteiger partial charge in [0.05, 0.1) is 13.2 Å². The van der Waals surface area contributed by atoms with Crippen LogP contribution >= 0.6 is 0 Å². The van der Waals surface area contributed by atoms with Crippen LogP contribution in [0, 0.1) is 5.92 Å². The molecule has 1 amide bonds. The third kappa shape index (κ3) is 4.22. The molecule has 2 unspecified atom stereocenters. The van der Waals surface area contributed by atoms with E-state index in [1.165, 1.54) is 12.0 Å². The number of hydrogen-bond donors (Lipinski definition) is 1. The van der Waals surface area contributed by atoms with Crippen molar-refractivity contribution in [1.29, 1.82) is 0 Å². The summed E-state index contributed by atoms with van der Waals surface area (Å²) in [5.41, 5.74) is 2.39. The highest BCUT2D eigenvalue weighted by Crippen LogP contribution is 2.38. The first kappa shape index (κ1) is 17.5. The highest BCUT2D eigenvalue weighted by atomic mass is 16.5. The molecule has 0 spiro atoms. The highest BCUT2D eigenvalue weighted by Gasteiger charge is 2.32. The summed E-state index contributed by atoms with van der Waals surface area (Å²) < 4.78 is 5.25. The summed E-state index contributed by atoms with van der Waals surface area (Å²) in [5, 5.41) is 3.22. The fourth-order valence-electron chi connectivity index (χ4n) is 3.84. The van der Waals surface area contributed by atoms with Gasteiger partial charge in [-0.2, -0.15) is 0 Å². The molecule has 1 saturated carbocycles. The summed E-state index contributed by atoms with van der Waals surface area (Å²) in [5.74, 6) is 1.38. The van der Waals surface area contributed by atoms with E-state index in [1.54, 1.807) is 7.11 Å². The standard InChI is InChI=1S/C22H27NO2/c1-16(17-8-4-3-5-9-17)23-22(24)21-11-7-6-10-20(21)18-12-14-19(25-2)15-13-18/h3-5,8-9,12-16,20-21H,6-7,10-11H2,1-2H3,(H,23,24)/t16-,20?,21?/m0/s1. The summed E-state index contributed by atoms with van der Waals surface area (Å²) in [4.78, 5) is 13.0. The van der Waals surface area contributed by atoms with E-state index in [1.807, 2.05) is 30.3 Å². The Bertz CT molecular complexity index is 681. The van der Waals surface area contributed by atoms with Crippen LogP contribution in [0.5, 0.6) is 5.75 Å². The molecule has 3 nitrogen and oxygen atoms in total. The van der Waals surface area contributed by atoms with E-state index in [9.17, 15) is 4.79 Å². The van der Waals surface area contributed by atoms with Crippen LogP contribution in [0.2, 0.25) is 0 Å². The topological polar surface area (TPSA) is 38.3 Å². The number of methoxy groups -OCH3 is 1. The van der Waals surface area contributed by atoms with E-state index in [4.69, 9.17) is 4.74 Å². The van der Waals surface area contributed by atoms with Gasteiger partial charge in [0.15, 0.2) is 0 Å². The quantitative estimate of drug-likeness (QED) is 0.847. The van der Waals surface area contributed by atoms with Crippen LogP contribution in [0.3, 0.4) is 0 Å². The Morgan fingerprint density at radius 2 is 1.72 bits per heavy atom. The molecular weight excluding hydrogens is 310 g/mol. The molecule has 0 aromatic heterocycles. The minimum Gasteiger partial charge on any atom is -0.497 e. The molecule has 3 atom stereocenters. The number of benzene rings is 2. The number of nitrogens with one attached hydrogen (secondary N) is 1. The molecule has 0 bridgehead atoms. The van der Waals surface area contributed by atoms with E-state index in [0.717, 1.165) is 30.6 Å². The van der Waals surface area contributed by atoms with Crippen molar-refractivity contribution in [3.8, 4) is 5.75 Å². The lowest BCUT2D eigenvalue weighted by molar-refractivity contribution is -0.127. The average Bonchev–Trinajstić information content (AvgIpc) is 2.68. The van der Waals surface area contributed by atoms with Crippen molar-refractivity contribution in [2.45, 2.75) is 44.6 Å². The second-order valence-electron chi connectivity index (χ2n) is 6.91. The smallest absolute Gasteiger partial charge is 0.224 e. The number of hydrogen-bond acceptors (Lipinski definition) is 2. The molecule has 132 valence electrons. The molecule has 0 aliphatic heterocycles. The Kier molecular flexibility index (Phi) is 5.75. The lowest BCUT2D eigenvalue weighted by Gasteiger charge is -2.32. The Balaban J connectivity index is 1.72. The monoisotopic (exact) mass is 337 g/mol. The predicted molar refractivity (Wildman–Crippen MR) is 101 cm³/mol. The van der Waals surface area contributed by atoms with Crippen molar-refractivity contribution in [3.63, 3.8) is 0 Å². The van der Waals surface area contributed by atoms with Crippen molar-refractivity contribution in [2.75, 3.05) is 7.11 Å². The van der Waals surface area contributed by atoms with Gasteiger partial charge in [-0.25, -0.2) is 0 Å². The minimum absolute atomic E-state index is 0.0344. The van der Waals surface area contributed by atoms with Crippen molar-refractivity contribution in [1.82, 2.24) is 5.32 Å². The van der Waals surface area contributed by atoms with Gasteiger partial charge >= 0.3 is 0 Å². The molecule has 3 heteroatoms. The van der Waals surface area contributed by atoms with Crippen LogP contribution in [-0.4, -0.2) is 13.0 Å². The van der Waals surface area contributed by atoms with Crippen LogP contribution in [0.15, 0.2) is 54.6 Å². The van der Waals surface area contributed by atoms with E-state index in [-0.39, 0.29) is 17.9 Å². The Labute approximate surface area is 150 Å². The summed E-state index contributed by atoms with van der Waals surface area (Å²) in [6.07, 6.45) is 4.35. The highest BCUT2D eigenvalue weighted by molar-refractivity contribution is 5.80. The molecule has 1 N–H and O–H groups in total. The maximum absolute atomic E-state index is 13.0. The first-order chi connectivity index (χ1) is 12.2. The molecule has 3 rings (SSSR count). The molecule has 2 aromatic rings. The Hall–Kier alpha value is -2.29. The molecule has 2 aromatic carbocycles. The van der Waals surface area contributed by atoms with E-state index in [0.29, 0.717) is 5.92 Å². The van der Waals surface area contributed by atoms with Gasteiger partial charge in [-0.05, 0) is 48.9 Å². The largest absolute Gasteiger partial charge is 0.497 e. The summed E-state index contributed by atoms with van der Waals surface area (Å²) in [6, 6.07) is 18.4. The zero-order chi connectivity index (χ0) is 17.6. The number of carbonyl (C=O) groups is 1. The summed E-state index contributed by atoms with van der Waals surface area (Å²) in [6.45, 7) is 2.05. The van der Waals surface area contributed by atoms with Gasteiger partial charge in [-0.1, -0.05) is 55.3 Å². The number of ether oxygens (including phenoxy) is 1. The van der Waals surface area contributed by atoms with E-state index >= 15 is 0 Å². The average molecular weight is 337 g/mol. The van der Waals surface area contributed by atoms with Gasteiger partial charge in [-0.3, -0.25) is 4.79 Å². The molecular formula is C22H27NO2. The van der Waals surface area contributed by atoms with Gasteiger partial charge in [0, 0.05) is 5.92 Å². The first-order valence-corrected chi connectivity index (χ1v) is 9.18. The second kappa shape index (κ2) is 8.19. The number of amides is 1. The third-order valence-corrected chi connectivity index (χ3v) is 5.31. The maximum atomic E-state index is 13.0. The molecule has 25 heavy (non-hydrogen) atoms. The van der Waals surface area contributed by atoms with Gasteiger partial charge in [0.25, 0.3) is 0 Å². The maximum Gasteiger partial charge on any atom is 0.224 e. The summed E-state index contributed by atoms with van der Waals surface area (Å²) >= 11 is 0. The Morgan fingerprint density at radius 1 is 1.04 bits per heavy atom. The van der Waals surface area contributed by atoms with Crippen LogP contribution in [0.25, 0.3) is 0 Å². The number of carbonyl (C=O) groups excluding carboxylic acids is 1. The zero-order valence-corrected chi connectivity index (χ0v) is 15.1. The predicted octanol–water partition coefficient (Wildman–Crippen LogP) is 4.85. The van der Waals surface area contributed by atoms with Crippen LogP contribution in [-0.2, 0) is 4.79 Å². The third-order valence-electron chi connectivity index (χ3n) is 5.31. The van der Waals surface area contributed by atoms with Gasteiger partial charge in [-0.15, -0.1) is 0 Å². The molecule has 1 fully saturated rings. The minimum atomic E-state index is 0.0344. The van der Waals surface area contributed by atoms with Gasteiger partial charge < -0.3 is 10.1 Å². The molecule has 0 heterocycles. The molecule has 1 aliphatic rings. The fraction of sp³-hybridized carbons (Fsp3) is 0.409. The van der Waals surface area contributed by atoms with Crippen molar-refractivity contribution in [3.05, 3.63) is 65.7 Å². The van der Waals surface area contributed by atoms with Crippen molar-refractivity contribution < 1.29 is 9.53 Å². The van der Waals surface area contributed by atoms with Crippen LogP contribution in [0.4, 0.5) is 0 Å². The first-order valence-electron chi connectivity index (χ1n) is 9.18. The normalized spacial score (nSPS) is 21.4. The van der Waals surface area contributed by atoms with Gasteiger partial charge in [0.1, 0.15) is 5.75 Å². The van der Waals surface area contributed by atoms with Crippen molar-refractivity contribution in [2.24, 2.45) is 5.92 Å². The van der Waals surface area contributed by atoms with E-state index in [2.05, 4.69) is 36.5 Å². The van der Waals surface area contributed by atoms with Crippen LogP contribution < -0.4 is 10.1 Å². The molecule has 1 aliphatic carbocycles. The SMILES string of the molecule is COc1ccc(C2CCCCC2C(=O)N[C@@H](C)c2ccccc2)cc1. The molecule has 0 saturated heterocycles. The lowest BCUT2D eigenvalue weighted by Crippen LogP contribution is -2.37. The Morgan fingerprint density at radius 3 is 2.40 bits per heavy atom. The van der Waals surface area contributed by atoms with E-state index < -0.39 is 0 Å². The van der Waals surface area contributed by atoms with Gasteiger partial charge in [0.2, 0.25) is 5.91 Å². The summed E-state index contributed by atoms with van der Waals surface area (Å²) in [7, 11) is 1.68. The van der Waals surface area contributed by atoms with Crippen LogP contribution in [0.1, 0.15) is 55.7 Å². The molecule has 0 radical (unpaired) electrons. The fourth-order valence-corrected chi connectivity index (χ4v) is 3.84. The van der Waals surface area contributed by atoms with Crippen molar-refractivity contribution >= 4 is 5.91 Å². The zero-order valence-electron chi connectivity index (χ0n) is 15.1. The number of rotatable bonds is 5.